The van der Waals surface area contributed by atoms with Gasteiger partial charge in [0.15, 0.2) is 0 Å². The van der Waals surface area contributed by atoms with Gasteiger partial charge >= 0.3 is 6.03 Å². The van der Waals surface area contributed by atoms with Gasteiger partial charge in [-0.15, -0.1) is 0 Å². The molecule has 7 heteroatoms. The molecule has 0 aliphatic carbocycles. The molecule has 0 saturated heterocycles. The normalized spacial score (nSPS) is 23.8. The standard InChI is InChI=1S/C22H23N3O4/c1-14-4-9-18-16(10-14)11-22(13-24(18)2)19(26)23-21(28)25(20(22)27)12-15-5-7-17(29-3)8-6-15/h4-10H,11-13H2,1-3H3,(H,23,26,28). The number of ether oxygens (including phenoxy) is 1. The second kappa shape index (κ2) is 7.00. The second-order valence-electron chi connectivity index (χ2n) is 7.82. The van der Waals surface area contributed by atoms with Crippen LogP contribution >= 0.6 is 0 Å². The number of urea groups is 1. The van der Waals surface area contributed by atoms with Gasteiger partial charge in [-0.2, -0.15) is 0 Å². The minimum atomic E-state index is -1.34. The molecule has 150 valence electrons. The van der Waals surface area contributed by atoms with Gasteiger partial charge in [-0.1, -0.05) is 29.8 Å². The van der Waals surface area contributed by atoms with E-state index in [9.17, 15) is 14.7 Å². The van der Waals surface area contributed by atoms with Crippen molar-refractivity contribution in [3.63, 3.8) is 0 Å². The second-order valence-corrected chi connectivity index (χ2v) is 7.82. The number of methoxy groups -OCH3 is 1. The van der Waals surface area contributed by atoms with E-state index in [1.54, 1.807) is 31.4 Å². The Morgan fingerprint density at radius 2 is 1.93 bits per heavy atom. The Kier molecular flexibility index (Phi) is 4.62. The van der Waals surface area contributed by atoms with Crippen LogP contribution in [0.5, 0.6) is 5.75 Å². The van der Waals surface area contributed by atoms with E-state index in [1.165, 1.54) is 0 Å². The Bertz CT molecular complexity index is 1020. The van der Waals surface area contributed by atoms with Gasteiger partial charge in [-0.25, -0.2) is 9.79 Å². The molecule has 2 unspecified atom stereocenters. The summed E-state index contributed by atoms with van der Waals surface area (Å²) in [4.78, 5) is 31.7. The first kappa shape index (κ1) is 19.1. The molecule has 2 atom stereocenters. The van der Waals surface area contributed by atoms with Gasteiger partial charge in [0.2, 0.25) is 5.91 Å². The summed E-state index contributed by atoms with van der Waals surface area (Å²) in [5, 5.41) is 12.8. The van der Waals surface area contributed by atoms with Crippen LogP contribution < -0.4 is 14.7 Å². The van der Waals surface area contributed by atoms with Crippen molar-refractivity contribution in [3.8, 4) is 5.75 Å². The van der Waals surface area contributed by atoms with Gasteiger partial charge in [-0.3, -0.25) is 9.69 Å². The first-order valence-electron chi connectivity index (χ1n) is 9.51. The smallest absolute Gasteiger partial charge is 0.349 e. The number of quaternary nitrogens is 1. The molecule has 2 aromatic rings. The van der Waals surface area contributed by atoms with E-state index in [-0.39, 0.29) is 19.5 Å². The third-order valence-corrected chi connectivity index (χ3v) is 5.77. The number of hydrogen-bond acceptors (Lipinski definition) is 4. The number of fused-ring (bicyclic) bond motifs is 1. The highest BCUT2D eigenvalue weighted by atomic mass is 16.5. The van der Waals surface area contributed by atoms with E-state index in [0.717, 1.165) is 32.2 Å². The Morgan fingerprint density at radius 1 is 1.21 bits per heavy atom. The zero-order valence-corrected chi connectivity index (χ0v) is 16.7. The number of carbonyl (C=O) groups is 2. The maximum atomic E-state index is 13.5. The van der Waals surface area contributed by atoms with Crippen LogP contribution in [0.3, 0.4) is 0 Å². The monoisotopic (exact) mass is 393 g/mol. The number of rotatable bonds is 3. The third-order valence-electron chi connectivity index (χ3n) is 5.77. The summed E-state index contributed by atoms with van der Waals surface area (Å²) in [6, 6.07) is 12.4. The SMILES string of the molecule is COc1ccc(CN2C(=O)N=C([O-])C3(Cc4cc(C)ccc4[NH+](C)C3)C2=O)cc1. The topological polar surface area (TPSA) is 86.5 Å². The van der Waals surface area contributed by atoms with Crippen LogP contribution in [0.2, 0.25) is 0 Å². The van der Waals surface area contributed by atoms with E-state index in [0.29, 0.717) is 5.75 Å². The first-order valence-corrected chi connectivity index (χ1v) is 9.51. The zero-order chi connectivity index (χ0) is 20.8. The first-order chi connectivity index (χ1) is 13.8. The van der Waals surface area contributed by atoms with Crippen molar-refractivity contribution >= 4 is 23.5 Å². The summed E-state index contributed by atoms with van der Waals surface area (Å²) < 4.78 is 5.15. The van der Waals surface area contributed by atoms with Crippen LogP contribution in [0.4, 0.5) is 10.5 Å². The molecule has 29 heavy (non-hydrogen) atoms. The van der Waals surface area contributed by atoms with Crippen molar-refractivity contribution in [1.82, 2.24) is 4.90 Å². The summed E-state index contributed by atoms with van der Waals surface area (Å²) in [7, 11) is 3.50. The lowest BCUT2D eigenvalue weighted by Crippen LogP contribution is -3.08. The van der Waals surface area contributed by atoms with Crippen molar-refractivity contribution in [2.75, 3.05) is 20.7 Å². The fourth-order valence-electron chi connectivity index (χ4n) is 4.27. The molecule has 2 aliphatic heterocycles. The number of hydrogen-bond donors (Lipinski definition) is 1. The molecule has 0 fully saturated rings. The quantitative estimate of drug-likeness (QED) is 0.828. The molecule has 2 aromatic carbocycles. The number of carbonyl (C=O) groups excluding carboxylic acids is 2. The third kappa shape index (κ3) is 3.17. The average Bonchev–Trinajstić information content (AvgIpc) is 2.70. The number of benzene rings is 2. The summed E-state index contributed by atoms with van der Waals surface area (Å²) >= 11 is 0. The van der Waals surface area contributed by atoms with Crippen LogP contribution in [0.25, 0.3) is 0 Å². The fourth-order valence-corrected chi connectivity index (χ4v) is 4.27. The maximum absolute atomic E-state index is 13.5. The summed E-state index contributed by atoms with van der Waals surface area (Å²) in [5.74, 6) is -0.416. The van der Waals surface area contributed by atoms with Crippen molar-refractivity contribution in [2.24, 2.45) is 10.4 Å². The number of nitrogens with zero attached hydrogens (tertiary/aromatic N) is 2. The van der Waals surface area contributed by atoms with Crippen LogP contribution in [0.1, 0.15) is 16.7 Å². The van der Waals surface area contributed by atoms with Crippen LogP contribution in [0.15, 0.2) is 47.5 Å². The molecule has 0 aromatic heterocycles. The highest BCUT2D eigenvalue weighted by Gasteiger charge is 2.52. The Morgan fingerprint density at radius 3 is 2.62 bits per heavy atom. The molecular formula is C22H23N3O4. The molecule has 1 spiro atoms. The number of imide groups is 1. The molecule has 0 bridgehead atoms. The van der Waals surface area contributed by atoms with Gasteiger partial charge in [-0.05, 0) is 36.6 Å². The van der Waals surface area contributed by atoms with Crippen LogP contribution in [-0.2, 0) is 17.8 Å². The van der Waals surface area contributed by atoms with Gasteiger partial charge in [0, 0.05) is 12.0 Å². The average molecular weight is 393 g/mol. The summed E-state index contributed by atoms with van der Waals surface area (Å²) in [6.07, 6.45) is 0.259. The lowest BCUT2D eigenvalue weighted by molar-refractivity contribution is -0.819. The summed E-state index contributed by atoms with van der Waals surface area (Å²) in [5.41, 5.74) is 2.50. The van der Waals surface area contributed by atoms with Gasteiger partial charge < -0.3 is 14.7 Å². The van der Waals surface area contributed by atoms with Crippen molar-refractivity contribution in [3.05, 3.63) is 59.2 Å². The van der Waals surface area contributed by atoms with Crippen LogP contribution in [-0.4, -0.2) is 43.4 Å². The number of amides is 3. The van der Waals surface area contributed by atoms with E-state index in [1.807, 2.05) is 32.2 Å². The molecular weight excluding hydrogens is 370 g/mol. The molecule has 1 N–H and O–H groups in total. The predicted molar refractivity (Wildman–Crippen MR) is 105 cm³/mol. The molecule has 2 heterocycles. The summed E-state index contributed by atoms with van der Waals surface area (Å²) in [6.45, 7) is 2.32. The van der Waals surface area contributed by atoms with E-state index < -0.39 is 23.3 Å². The Balaban J connectivity index is 1.70. The molecule has 2 aliphatic rings. The fraction of sp³-hybridized carbons (Fsp3) is 0.318. The van der Waals surface area contributed by atoms with Crippen molar-refractivity contribution in [2.45, 2.75) is 19.9 Å². The van der Waals surface area contributed by atoms with Crippen LogP contribution in [0, 0.1) is 12.3 Å². The van der Waals surface area contributed by atoms with E-state index >= 15 is 0 Å². The number of aliphatic imine (C=N–C) groups is 1. The van der Waals surface area contributed by atoms with E-state index in [2.05, 4.69) is 4.99 Å². The van der Waals surface area contributed by atoms with Crippen molar-refractivity contribution < 1.29 is 24.3 Å². The molecule has 0 saturated carbocycles. The van der Waals surface area contributed by atoms with Gasteiger partial charge in [0.25, 0.3) is 0 Å². The van der Waals surface area contributed by atoms with E-state index in [4.69, 9.17) is 4.74 Å². The molecule has 0 radical (unpaired) electrons. The number of nitrogens with one attached hydrogen (secondary N) is 1. The highest BCUT2D eigenvalue weighted by Crippen LogP contribution is 2.35. The Labute approximate surface area is 169 Å². The highest BCUT2D eigenvalue weighted by molar-refractivity contribution is 6.16. The van der Waals surface area contributed by atoms with Gasteiger partial charge in [0.1, 0.15) is 23.4 Å². The zero-order valence-electron chi connectivity index (χ0n) is 16.7. The van der Waals surface area contributed by atoms with Crippen molar-refractivity contribution in [1.29, 1.82) is 0 Å². The maximum Gasteiger partial charge on any atom is 0.349 e. The van der Waals surface area contributed by atoms with Gasteiger partial charge in [0.05, 0.1) is 20.7 Å². The molecule has 3 amide bonds. The molecule has 4 rings (SSSR count). The predicted octanol–water partition coefficient (Wildman–Crippen LogP) is 0.614. The largest absolute Gasteiger partial charge is 0.861 e. The number of aryl methyl sites for hydroxylation is 1. The lowest BCUT2D eigenvalue weighted by Gasteiger charge is -2.45. The minimum Gasteiger partial charge on any atom is -0.861 e. The molecule has 7 nitrogen and oxygen atoms in total. The minimum absolute atomic E-state index is 0.0694. The lowest BCUT2D eigenvalue weighted by atomic mass is 9.75. The Hall–Kier alpha value is -3.19.